The van der Waals surface area contributed by atoms with Crippen LogP contribution in [0.25, 0.3) is 6.08 Å². The number of aryl methyl sites for hydroxylation is 2. The van der Waals surface area contributed by atoms with E-state index in [0.29, 0.717) is 5.56 Å². The fraction of sp³-hybridized carbons (Fsp3) is 0.250. The summed E-state index contributed by atoms with van der Waals surface area (Å²) in [7, 11) is 0. The van der Waals surface area contributed by atoms with Crippen molar-refractivity contribution in [3.05, 3.63) is 58.9 Å². The van der Waals surface area contributed by atoms with Crippen molar-refractivity contribution in [2.45, 2.75) is 27.3 Å². The van der Waals surface area contributed by atoms with E-state index >= 15 is 0 Å². The summed E-state index contributed by atoms with van der Waals surface area (Å²) in [5.74, 6) is 0.0173. The number of aromatic nitrogens is 2. The Bertz CT molecular complexity index is 606. The molecule has 2 rings (SSSR count). The fourth-order valence-electron chi connectivity index (χ4n) is 1.92. The van der Waals surface area contributed by atoms with Crippen molar-refractivity contribution in [3.8, 4) is 0 Å². The van der Waals surface area contributed by atoms with E-state index in [4.69, 9.17) is 0 Å². The molecule has 0 aliphatic heterocycles. The van der Waals surface area contributed by atoms with Crippen molar-refractivity contribution in [3.63, 3.8) is 0 Å². The molecule has 0 bridgehead atoms. The first kappa shape index (κ1) is 13.3. The summed E-state index contributed by atoms with van der Waals surface area (Å²) in [6.45, 7) is 6.90. The Morgan fingerprint density at radius 2 is 1.95 bits per heavy atom. The molecule has 0 aliphatic rings. The molecule has 1 heterocycles. The Morgan fingerprint density at radius 1 is 1.26 bits per heavy atom. The molecule has 0 spiro atoms. The third-order valence-electron chi connectivity index (χ3n) is 3.19. The molecule has 19 heavy (non-hydrogen) atoms. The topological polar surface area (TPSA) is 34.9 Å². The Morgan fingerprint density at radius 3 is 2.53 bits per heavy atom. The second-order valence-electron chi connectivity index (χ2n) is 4.56. The van der Waals surface area contributed by atoms with Crippen LogP contribution in [-0.2, 0) is 6.54 Å². The minimum atomic E-state index is 0.0173. The summed E-state index contributed by atoms with van der Waals surface area (Å²) in [6.07, 6.45) is 5.23. The lowest BCUT2D eigenvalue weighted by Gasteiger charge is -1.99. The molecule has 0 fully saturated rings. The standard InChI is InChI=1S/C16H18N2O/c1-4-18-13(3)15(11-17-18)9-10-16(19)14-7-5-12(2)6-8-14/h5-11H,4H2,1-3H3/b10-9+. The molecule has 0 atom stereocenters. The van der Waals surface area contributed by atoms with Gasteiger partial charge < -0.3 is 0 Å². The molecule has 0 radical (unpaired) electrons. The molecular formula is C16H18N2O. The predicted molar refractivity (Wildman–Crippen MR) is 77.2 cm³/mol. The van der Waals surface area contributed by atoms with E-state index in [2.05, 4.69) is 5.10 Å². The van der Waals surface area contributed by atoms with Gasteiger partial charge in [-0.05, 0) is 32.9 Å². The number of benzene rings is 1. The Labute approximate surface area is 113 Å². The summed E-state index contributed by atoms with van der Waals surface area (Å²) < 4.78 is 1.91. The Balaban J connectivity index is 2.16. The van der Waals surface area contributed by atoms with E-state index in [1.807, 2.05) is 55.8 Å². The zero-order chi connectivity index (χ0) is 13.8. The molecule has 2 aromatic rings. The number of nitrogens with zero attached hydrogens (tertiary/aromatic N) is 2. The molecule has 0 saturated heterocycles. The maximum Gasteiger partial charge on any atom is 0.185 e. The molecule has 98 valence electrons. The van der Waals surface area contributed by atoms with Crippen LogP contribution < -0.4 is 0 Å². The number of carbonyl (C=O) groups excluding carboxylic acids is 1. The largest absolute Gasteiger partial charge is 0.289 e. The van der Waals surface area contributed by atoms with Gasteiger partial charge in [0.2, 0.25) is 0 Å². The number of carbonyl (C=O) groups is 1. The number of allylic oxidation sites excluding steroid dienone is 1. The molecule has 0 saturated carbocycles. The zero-order valence-electron chi connectivity index (χ0n) is 11.6. The molecular weight excluding hydrogens is 236 g/mol. The average Bonchev–Trinajstić information content (AvgIpc) is 2.77. The van der Waals surface area contributed by atoms with E-state index in [1.54, 1.807) is 12.3 Å². The Kier molecular flexibility index (Phi) is 3.95. The summed E-state index contributed by atoms with van der Waals surface area (Å²) in [5, 5.41) is 4.25. The highest BCUT2D eigenvalue weighted by Crippen LogP contribution is 2.11. The third-order valence-corrected chi connectivity index (χ3v) is 3.19. The van der Waals surface area contributed by atoms with Gasteiger partial charge in [0.05, 0.1) is 6.20 Å². The van der Waals surface area contributed by atoms with Gasteiger partial charge in [-0.25, -0.2) is 0 Å². The van der Waals surface area contributed by atoms with Crippen LogP contribution in [-0.4, -0.2) is 15.6 Å². The second-order valence-corrected chi connectivity index (χ2v) is 4.56. The highest BCUT2D eigenvalue weighted by Gasteiger charge is 2.04. The van der Waals surface area contributed by atoms with Crippen molar-refractivity contribution in [1.29, 1.82) is 0 Å². The van der Waals surface area contributed by atoms with Gasteiger partial charge in [-0.1, -0.05) is 29.8 Å². The third kappa shape index (κ3) is 2.99. The number of ketones is 1. The number of hydrogen-bond acceptors (Lipinski definition) is 2. The van der Waals surface area contributed by atoms with Crippen molar-refractivity contribution in [2.75, 3.05) is 0 Å². The van der Waals surface area contributed by atoms with Crippen LogP contribution in [0, 0.1) is 13.8 Å². The second kappa shape index (κ2) is 5.65. The van der Waals surface area contributed by atoms with Gasteiger partial charge in [-0.2, -0.15) is 5.10 Å². The van der Waals surface area contributed by atoms with Crippen LogP contribution in [0.3, 0.4) is 0 Å². The van der Waals surface area contributed by atoms with Gasteiger partial charge in [-0.15, -0.1) is 0 Å². The molecule has 3 nitrogen and oxygen atoms in total. The lowest BCUT2D eigenvalue weighted by Crippen LogP contribution is -1.98. The first-order chi connectivity index (χ1) is 9.11. The van der Waals surface area contributed by atoms with E-state index in [1.165, 1.54) is 0 Å². The molecule has 3 heteroatoms. The number of rotatable bonds is 4. The summed E-state index contributed by atoms with van der Waals surface area (Å²) in [4.78, 5) is 12.0. The molecule has 0 amide bonds. The van der Waals surface area contributed by atoms with Crippen LogP contribution >= 0.6 is 0 Å². The van der Waals surface area contributed by atoms with Gasteiger partial charge in [-0.3, -0.25) is 9.48 Å². The zero-order valence-corrected chi connectivity index (χ0v) is 11.6. The van der Waals surface area contributed by atoms with Gasteiger partial charge >= 0.3 is 0 Å². The van der Waals surface area contributed by atoms with Crippen LogP contribution in [0.2, 0.25) is 0 Å². The first-order valence-electron chi connectivity index (χ1n) is 6.43. The van der Waals surface area contributed by atoms with Crippen LogP contribution in [0.5, 0.6) is 0 Å². The van der Waals surface area contributed by atoms with Crippen LogP contribution in [0.4, 0.5) is 0 Å². The molecule has 0 aliphatic carbocycles. The lowest BCUT2D eigenvalue weighted by atomic mass is 10.1. The van der Waals surface area contributed by atoms with Gasteiger partial charge in [0.25, 0.3) is 0 Å². The smallest absolute Gasteiger partial charge is 0.185 e. The van der Waals surface area contributed by atoms with E-state index in [0.717, 1.165) is 23.4 Å². The predicted octanol–water partition coefficient (Wildman–Crippen LogP) is 3.42. The van der Waals surface area contributed by atoms with Gasteiger partial charge in [0.1, 0.15) is 0 Å². The van der Waals surface area contributed by atoms with E-state index < -0.39 is 0 Å². The van der Waals surface area contributed by atoms with Crippen molar-refractivity contribution < 1.29 is 4.79 Å². The SMILES string of the molecule is CCn1ncc(/C=C/C(=O)c2ccc(C)cc2)c1C. The quantitative estimate of drug-likeness (QED) is 0.619. The monoisotopic (exact) mass is 254 g/mol. The highest BCUT2D eigenvalue weighted by atomic mass is 16.1. The molecule has 1 aromatic carbocycles. The maximum absolute atomic E-state index is 12.0. The lowest BCUT2D eigenvalue weighted by molar-refractivity contribution is 0.104. The summed E-state index contributed by atoms with van der Waals surface area (Å²) >= 11 is 0. The molecule has 1 aromatic heterocycles. The van der Waals surface area contributed by atoms with Crippen LogP contribution in [0.1, 0.15) is 34.1 Å². The average molecular weight is 254 g/mol. The maximum atomic E-state index is 12.0. The summed E-state index contributed by atoms with van der Waals surface area (Å²) in [6, 6.07) is 7.59. The summed E-state index contributed by atoms with van der Waals surface area (Å²) in [5.41, 5.74) is 3.93. The minimum absolute atomic E-state index is 0.0173. The number of hydrogen-bond donors (Lipinski definition) is 0. The minimum Gasteiger partial charge on any atom is -0.289 e. The van der Waals surface area contributed by atoms with Gasteiger partial charge in [0.15, 0.2) is 5.78 Å². The van der Waals surface area contributed by atoms with Crippen molar-refractivity contribution in [2.24, 2.45) is 0 Å². The molecule has 0 N–H and O–H groups in total. The first-order valence-corrected chi connectivity index (χ1v) is 6.43. The Hall–Kier alpha value is -2.16. The molecule has 0 unspecified atom stereocenters. The van der Waals surface area contributed by atoms with Crippen molar-refractivity contribution >= 4 is 11.9 Å². The highest BCUT2D eigenvalue weighted by molar-refractivity contribution is 6.06. The fourth-order valence-corrected chi connectivity index (χ4v) is 1.92. The van der Waals surface area contributed by atoms with E-state index in [-0.39, 0.29) is 5.78 Å². The normalized spacial score (nSPS) is 11.1. The van der Waals surface area contributed by atoms with Crippen molar-refractivity contribution in [1.82, 2.24) is 9.78 Å². The van der Waals surface area contributed by atoms with E-state index in [9.17, 15) is 4.79 Å². The van der Waals surface area contributed by atoms with Gasteiger partial charge in [0, 0.05) is 23.4 Å². The van der Waals surface area contributed by atoms with Crippen LogP contribution in [0.15, 0.2) is 36.5 Å².